The van der Waals surface area contributed by atoms with E-state index < -0.39 is 0 Å². The summed E-state index contributed by atoms with van der Waals surface area (Å²) in [5.41, 5.74) is 2.34. The number of hydrogen-bond donors (Lipinski definition) is 2. The smallest absolute Gasteiger partial charge is 0.248 e. The predicted octanol–water partition coefficient (Wildman–Crippen LogP) is 1.92. The molecule has 0 unspecified atom stereocenters. The summed E-state index contributed by atoms with van der Waals surface area (Å²) in [6.45, 7) is 2.72. The van der Waals surface area contributed by atoms with E-state index in [1.54, 1.807) is 6.07 Å². The third-order valence-electron chi connectivity index (χ3n) is 3.67. The Labute approximate surface area is 111 Å². The van der Waals surface area contributed by atoms with Crippen molar-refractivity contribution >= 4 is 0 Å². The first-order valence-corrected chi connectivity index (χ1v) is 6.70. The number of fused-ring (bicyclic) bond motifs is 1. The fraction of sp³-hybridized carbons (Fsp3) is 0.400. The van der Waals surface area contributed by atoms with Gasteiger partial charge in [0.1, 0.15) is 11.5 Å². The molecule has 0 fully saturated rings. The van der Waals surface area contributed by atoms with Crippen molar-refractivity contribution in [3.8, 4) is 0 Å². The summed E-state index contributed by atoms with van der Waals surface area (Å²) in [4.78, 5) is 14.2. The van der Waals surface area contributed by atoms with Gasteiger partial charge in [0.25, 0.3) is 0 Å². The molecule has 4 nitrogen and oxygen atoms in total. The lowest BCUT2D eigenvalue weighted by Gasteiger charge is -2.24. The van der Waals surface area contributed by atoms with Crippen molar-refractivity contribution in [2.24, 2.45) is 0 Å². The van der Waals surface area contributed by atoms with Crippen molar-refractivity contribution in [2.75, 3.05) is 0 Å². The molecule has 3 rings (SSSR count). The third-order valence-corrected chi connectivity index (χ3v) is 3.67. The van der Waals surface area contributed by atoms with Crippen LogP contribution < -0.4 is 10.9 Å². The Morgan fingerprint density at radius 3 is 3.05 bits per heavy atom. The third kappa shape index (κ3) is 2.79. The van der Waals surface area contributed by atoms with Crippen LogP contribution in [0.3, 0.4) is 0 Å². The molecule has 0 saturated heterocycles. The maximum Gasteiger partial charge on any atom is 0.248 e. The second-order valence-corrected chi connectivity index (χ2v) is 5.16. The Balaban J connectivity index is 1.62. The maximum atomic E-state index is 11.3. The van der Waals surface area contributed by atoms with Crippen LogP contribution in [-0.2, 0) is 19.4 Å². The normalized spacial score (nSPS) is 18.3. The minimum Gasteiger partial charge on any atom is -0.465 e. The van der Waals surface area contributed by atoms with E-state index in [-0.39, 0.29) is 5.56 Å². The van der Waals surface area contributed by atoms with E-state index in [0.717, 1.165) is 43.0 Å². The maximum absolute atomic E-state index is 11.3. The molecule has 0 amide bonds. The molecule has 0 saturated carbocycles. The monoisotopic (exact) mass is 258 g/mol. The van der Waals surface area contributed by atoms with Crippen molar-refractivity contribution in [3.63, 3.8) is 0 Å². The van der Waals surface area contributed by atoms with Gasteiger partial charge in [-0.3, -0.25) is 4.79 Å². The van der Waals surface area contributed by atoms with E-state index >= 15 is 0 Å². The van der Waals surface area contributed by atoms with Gasteiger partial charge in [-0.15, -0.1) is 0 Å². The van der Waals surface area contributed by atoms with E-state index in [4.69, 9.17) is 4.42 Å². The highest BCUT2D eigenvalue weighted by atomic mass is 16.3. The molecule has 0 bridgehead atoms. The van der Waals surface area contributed by atoms with Gasteiger partial charge in [0.05, 0.1) is 6.54 Å². The van der Waals surface area contributed by atoms with E-state index in [9.17, 15) is 4.79 Å². The Hall–Kier alpha value is -1.81. The summed E-state index contributed by atoms with van der Waals surface area (Å²) < 4.78 is 5.55. The molecular weight excluding hydrogens is 240 g/mol. The Bertz CT molecular complexity index is 627. The van der Waals surface area contributed by atoms with Gasteiger partial charge < -0.3 is 14.7 Å². The lowest BCUT2D eigenvalue weighted by atomic mass is 9.92. The predicted molar refractivity (Wildman–Crippen MR) is 73.2 cm³/mol. The second kappa shape index (κ2) is 5.05. The average Bonchev–Trinajstić information content (AvgIpc) is 2.82. The molecule has 19 heavy (non-hydrogen) atoms. The van der Waals surface area contributed by atoms with Gasteiger partial charge in [-0.25, -0.2) is 0 Å². The number of nitrogens with one attached hydrogen (secondary N) is 2. The average molecular weight is 258 g/mol. The van der Waals surface area contributed by atoms with Crippen molar-refractivity contribution in [1.82, 2.24) is 10.3 Å². The highest BCUT2D eigenvalue weighted by Gasteiger charge is 2.18. The van der Waals surface area contributed by atoms with Crippen LogP contribution >= 0.6 is 0 Å². The van der Waals surface area contributed by atoms with E-state index in [0.29, 0.717) is 6.04 Å². The topological polar surface area (TPSA) is 58.0 Å². The molecule has 1 atom stereocenters. The molecule has 2 N–H and O–H groups in total. The lowest BCUT2D eigenvalue weighted by Crippen LogP contribution is -2.35. The van der Waals surface area contributed by atoms with Crippen LogP contribution in [0, 0.1) is 6.92 Å². The van der Waals surface area contributed by atoms with Gasteiger partial charge in [-0.05, 0) is 43.9 Å². The van der Waals surface area contributed by atoms with Crippen LogP contribution in [0.4, 0.5) is 0 Å². The minimum absolute atomic E-state index is 0.00350. The molecule has 4 heteroatoms. The number of rotatable bonds is 3. The highest BCUT2D eigenvalue weighted by Crippen LogP contribution is 2.18. The number of aryl methyl sites for hydroxylation is 2. The Morgan fingerprint density at radius 1 is 1.37 bits per heavy atom. The van der Waals surface area contributed by atoms with Crippen LogP contribution in [0.5, 0.6) is 0 Å². The molecule has 0 aliphatic heterocycles. The number of hydrogen-bond acceptors (Lipinski definition) is 3. The summed E-state index contributed by atoms with van der Waals surface area (Å²) in [5.74, 6) is 1.92. The van der Waals surface area contributed by atoms with E-state index in [2.05, 4.69) is 10.3 Å². The summed E-state index contributed by atoms with van der Waals surface area (Å²) in [6.07, 6.45) is 2.94. The minimum atomic E-state index is -0.00350. The Morgan fingerprint density at radius 2 is 2.26 bits per heavy atom. The van der Waals surface area contributed by atoms with Crippen LogP contribution in [0.1, 0.15) is 29.2 Å². The summed E-state index contributed by atoms with van der Waals surface area (Å²) in [7, 11) is 0. The fourth-order valence-corrected chi connectivity index (χ4v) is 2.65. The van der Waals surface area contributed by atoms with Gasteiger partial charge in [-0.2, -0.15) is 0 Å². The lowest BCUT2D eigenvalue weighted by molar-refractivity contribution is 0.406. The first-order chi connectivity index (χ1) is 9.20. The zero-order chi connectivity index (χ0) is 13.2. The second-order valence-electron chi connectivity index (χ2n) is 5.16. The van der Waals surface area contributed by atoms with Crippen LogP contribution in [0.25, 0.3) is 0 Å². The van der Waals surface area contributed by atoms with Crippen molar-refractivity contribution in [2.45, 2.75) is 38.8 Å². The van der Waals surface area contributed by atoms with E-state index in [1.807, 2.05) is 25.1 Å². The summed E-state index contributed by atoms with van der Waals surface area (Å²) >= 11 is 0. The quantitative estimate of drug-likeness (QED) is 0.884. The molecule has 0 radical (unpaired) electrons. The molecular formula is C15H18N2O2. The molecule has 2 heterocycles. The number of furan rings is 1. The zero-order valence-corrected chi connectivity index (χ0v) is 11.0. The van der Waals surface area contributed by atoms with Crippen LogP contribution in [-0.4, -0.2) is 11.0 Å². The van der Waals surface area contributed by atoms with Crippen LogP contribution in [0.2, 0.25) is 0 Å². The molecule has 1 aliphatic carbocycles. The summed E-state index contributed by atoms with van der Waals surface area (Å²) in [5, 5.41) is 3.52. The first kappa shape index (κ1) is 12.2. The van der Waals surface area contributed by atoms with Crippen molar-refractivity contribution < 1.29 is 4.42 Å². The number of aromatic nitrogens is 1. The highest BCUT2D eigenvalue weighted by molar-refractivity contribution is 5.24. The molecule has 2 aromatic rings. The van der Waals surface area contributed by atoms with Crippen molar-refractivity contribution in [1.29, 1.82) is 0 Å². The molecule has 0 aromatic carbocycles. The van der Waals surface area contributed by atoms with Gasteiger partial charge in [0.2, 0.25) is 5.56 Å². The molecule has 2 aromatic heterocycles. The zero-order valence-electron chi connectivity index (χ0n) is 11.0. The summed E-state index contributed by atoms with van der Waals surface area (Å²) in [6, 6.07) is 7.99. The largest absolute Gasteiger partial charge is 0.465 e. The SMILES string of the molecule is Cc1ccc(CN[C@H]2CCc3[nH]c(=O)ccc3C2)o1. The molecule has 100 valence electrons. The van der Waals surface area contributed by atoms with Crippen molar-refractivity contribution in [3.05, 3.63) is 57.4 Å². The fourth-order valence-electron chi connectivity index (χ4n) is 2.65. The number of H-pyrrole nitrogens is 1. The van der Waals surface area contributed by atoms with Gasteiger partial charge >= 0.3 is 0 Å². The first-order valence-electron chi connectivity index (χ1n) is 6.70. The van der Waals surface area contributed by atoms with Gasteiger partial charge in [0.15, 0.2) is 0 Å². The number of aromatic amines is 1. The van der Waals surface area contributed by atoms with Crippen LogP contribution in [0.15, 0.2) is 33.5 Å². The Kier molecular flexibility index (Phi) is 3.25. The van der Waals surface area contributed by atoms with Gasteiger partial charge in [0, 0.05) is 17.8 Å². The van der Waals surface area contributed by atoms with Gasteiger partial charge in [-0.1, -0.05) is 6.07 Å². The molecule has 1 aliphatic rings. The number of pyridine rings is 1. The molecule has 0 spiro atoms. The standard InChI is InChI=1S/C15H18N2O2/c1-10-2-5-13(19-10)9-16-12-4-6-14-11(8-12)3-7-15(18)17-14/h2-3,5,7,12,16H,4,6,8-9H2,1H3,(H,17,18)/t12-/m0/s1. The van der Waals surface area contributed by atoms with E-state index in [1.165, 1.54) is 5.56 Å².